The molecule has 35 heavy (non-hydrogen) atoms. The van der Waals surface area contributed by atoms with E-state index in [1.165, 1.54) is 23.1 Å². The number of thiocarbonyl (C=S) groups is 1. The Hall–Kier alpha value is -3.20. The summed E-state index contributed by atoms with van der Waals surface area (Å²) >= 11 is 12.3. The van der Waals surface area contributed by atoms with Gasteiger partial charge in [-0.2, -0.15) is 0 Å². The Balaban J connectivity index is 1.37. The molecule has 0 aromatic heterocycles. The molecule has 2 amide bonds. The molecule has 1 fully saturated rings. The Bertz CT molecular complexity index is 1360. The quantitative estimate of drug-likeness (QED) is 0.293. The minimum absolute atomic E-state index is 0.0845. The lowest BCUT2D eigenvalue weighted by atomic mass is 10.1. The minimum Gasteiger partial charge on any atom is -0.484 e. The number of benzene rings is 3. The Kier molecular flexibility index (Phi) is 7.54. The summed E-state index contributed by atoms with van der Waals surface area (Å²) in [6, 6.07) is 16.7. The first-order valence-corrected chi connectivity index (χ1v) is 12.1. The normalized spacial score (nSPS) is 14.5. The molecule has 1 aliphatic rings. The molecule has 178 valence electrons. The van der Waals surface area contributed by atoms with Crippen LogP contribution in [-0.2, 0) is 9.59 Å². The third kappa shape index (κ3) is 5.90. The van der Waals surface area contributed by atoms with E-state index in [-0.39, 0.29) is 23.4 Å². The lowest BCUT2D eigenvalue weighted by Gasteiger charge is -2.14. The summed E-state index contributed by atoms with van der Waals surface area (Å²) in [4.78, 5) is 26.8. The van der Waals surface area contributed by atoms with Crippen LogP contribution in [0.1, 0.15) is 16.7 Å². The van der Waals surface area contributed by atoms with Crippen molar-refractivity contribution in [3.05, 3.63) is 93.1 Å². The summed E-state index contributed by atoms with van der Waals surface area (Å²) in [5, 5.41) is 2.73. The number of hydrogen-bond donors (Lipinski definition) is 1. The fourth-order valence-electron chi connectivity index (χ4n) is 3.29. The van der Waals surface area contributed by atoms with E-state index in [0.29, 0.717) is 20.7 Å². The second-order valence-corrected chi connectivity index (χ2v) is 9.90. The standard InChI is InChI=1S/C26H20ClFN2O3S2/c1-15-3-6-18(11-16(15)2)29-24(31)14-33-20-8-4-17(5-9-20)12-23-25(32)30(26(34)35-23)19-7-10-22(28)21(27)13-19/h3-13H,14H2,1-2H3,(H,29,31)/b23-12-. The fourth-order valence-corrected chi connectivity index (χ4v) is 4.77. The van der Waals surface area contributed by atoms with Gasteiger partial charge < -0.3 is 10.1 Å². The van der Waals surface area contributed by atoms with Gasteiger partial charge in [0.1, 0.15) is 11.6 Å². The summed E-state index contributed by atoms with van der Waals surface area (Å²) in [5.74, 6) is -0.625. The zero-order valence-electron chi connectivity index (χ0n) is 18.8. The summed E-state index contributed by atoms with van der Waals surface area (Å²) in [7, 11) is 0. The van der Waals surface area contributed by atoms with Crippen LogP contribution in [0.4, 0.5) is 15.8 Å². The maximum absolute atomic E-state index is 13.5. The summed E-state index contributed by atoms with van der Waals surface area (Å²) in [6.07, 6.45) is 1.71. The Morgan fingerprint density at radius 3 is 2.54 bits per heavy atom. The van der Waals surface area contributed by atoms with Gasteiger partial charge >= 0.3 is 0 Å². The zero-order valence-corrected chi connectivity index (χ0v) is 21.2. The number of ether oxygens (including phenoxy) is 1. The third-order valence-corrected chi connectivity index (χ3v) is 6.89. The maximum atomic E-state index is 13.5. The van der Waals surface area contributed by atoms with E-state index in [9.17, 15) is 14.0 Å². The first-order valence-electron chi connectivity index (χ1n) is 10.5. The molecular formula is C26H20ClFN2O3S2. The number of thioether (sulfide) groups is 1. The van der Waals surface area contributed by atoms with Crippen molar-refractivity contribution in [1.29, 1.82) is 0 Å². The number of halogens is 2. The summed E-state index contributed by atoms with van der Waals surface area (Å²) < 4.78 is 19.4. The van der Waals surface area contributed by atoms with Crippen LogP contribution in [0.2, 0.25) is 5.02 Å². The van der Waals surface area contributed by atoms with Gasteiger partial charge in [-0.15, -0.1) is 0 Å². The monoisotopic (exact) mass is 526 g/mol. The Labute approximate surface area is 216 Å². The molecule has 1 heterocycles. The highest BCUT2D eigenvalue weighted by molar-refractivity contribution is 8.27. The van der Waals surface area contributed by atoms with Gasteiger partial charge in [0.25, 0.3) is 11.8 Å². The van der Waals surface area contributed by atoms with E-state index < -0.39 is 5.82 Å². The van der Waals surface area contributed by atoms with Crippen LogP contribution in [-0.4, -0.2) is 22.7 Å². The second kappa shape index (κ2) is 10.6. The van der Waals surface area contributed by atoms with Crippen LogP contribution in [0, 0.1) is 19.7 Å². The van der Waals surface area contributed by atoms with Gasteiger partial charge in [-0.3, -0.25) is 14.5 Å². The van der Waals surface area contributed by atoms with Crippen molar-refractivity contribution < 1.29 is 18.7 Å². The van der Waals surface area contributed by atoms with E-state index in [2.05, 4.69) is 5.32 Å². The molecule has 0 bridgehead atoms. The Morgan fingerprint density at radius 2 is 1.86 bits per heavy atom. The smallest absolute Gasteiger partial charge is 0.270 e. The maximum Gasteiger partial charge on any atom is 0.270 e. The molecule has 5 nitrogen and oxygen atoms in total. The fraction of sp³-hybridized carbons (Fsp3) is 0.115. The number of amides is 2. The van der Waals surface area contributed by atoms with Gasteiger partial charge in [-0.25, -0.2) is 4.39 Å². The average Bonchev–Trinajstić information content (AvgIpc) is 3.10. The van der Waals surface area contributed by atoms with E-state index in [4.69, 9.17) is 28.6 Å². The molecule has 0 aliphatic carbocycles. The molecule has 0 spiro atoms. The lowest BCUT2D eigenvalue weighted by molar-refractivity contribution is -0.118. The van der Waals surface area contributed by atoms with Crippen molar-refractivity contribution in [1.82, 2.24) is 0 Å². The molecule has 3 aromatic carbocycles. The molecule has 0 radical (unpaired) electrons. The number of anilines is 2. The molecule has 1 N–H and O–H groups in total. The highest BCUT2D eigenvalue weighted by Crippen LogP contribution is 2.37. The first-order chi connectivity index (χ1) is 16.7. The largest absolute Gasteiger partial charge is 0.484 e. The van der Waals surface area contributed by atoms with Gasteiger partial charge in [0.15, 0.2) is 10.9 Å². The van der Waals surface area contributed by atoms with Gasteiger partial charge in [0.05, 0.1) is 15.6 Å². The first kappa shape index (κ1) is 24.9. The SMILES string of the molecule is Cc1ccc(NC(=O)COc2ccc(/C=C3\SC(=S)N(c4ccc(F)c(Cl)c4)C3=O)cc2)cc1C. The van der Waals surface area contributed by atoms with Crippen LogP contribution in [0.3, 0.4) is 0 Å². The average molecular weight is 527 g/mol. The molecule has 0 unspecified atom stereocenters. The van der Waals surface area contributed by atoms with Crippen molar-refractivity contribution in [2.75, 3.05) is 16.8 Å². The van der Waals surface area contributed by atoms with E-state index in [0.717, 1.165) is 34.1 Å². The van der Waals surface area contributed by atoms with Crippen molar-refractivity contribution in [3.8, 4) is 5.75 Å². The number of nitrogens with one attached hydrogen (secondary N) is 1. The molecule has 9 heteroatoms. The van der Waals surface area contributed by atoms with Crippen molar-refractivity contribution in [2.45, 2.75) is 13.8 Å². The highest BCUT2D eigenvalue weighted by atomic mass is 35.5. The predicted molar refractivity (Wildman–Crippen MR) is 144 cm³/mol. The minimum atomic E-state index is -0.568. The second-order valence-electron chi connectivity index (χ2n) is 7.82. The molecule has 0 atom stereocenters. The highest BCUT2D eigenvalue weighted by Gasteiger charge is 2.33. The van der Waals surface area contributed by atoms with Crippen LogP contribution >= 0.6 is 35.6 Å². The number of carbonyl (C=O) groups is 2. The summed E-state index contributed by atoms with van der Waals surface area (Å²) in [6.45, 7) is 3.86. The molecule has 1 aliphatic heterocycles. The topological polar surface area (TPSA) is 58.6 Å². The number of aryl methyl sites for hydroxylation is 2. The van der Waals surface area contributed by atoms with Gasteiger partial charge in [-0.1, -0.05) is 53.8 Å². The lowest BCUT2D eigenvalue weighted by Crippen LogP contribution is -2.27. The van der Waals surface area contributed by atoms with E-state index in [1.54, 1.807) is 30.3 Å². The van der Waals surface area contributed by atoms with E-state index in [1.807, 2.05) is 32.0 Å². The van der Waals surface area contributed by atoms with Gasteiger partial charge in [-0.05, 0) is 79.1 Å². The molecular weight excluding hydrogens is 507 g/mol. The van der Waals surface area contributed by atoms with Crippen molar-refractivity contribution >= 4 is 69.2 Å². The van der Waals surface area contributed by atoms with Crippen LogP contribution < -0.4 is 15.0 Å². The van der Waals surface area contributed by atoms with Crippen LogP contribution in [0.15, 0.2) is 65.6 Å². The molecule has 1 saturated heterocycles. The molecule has 0 saturated carbocycles. The number of rotatable bonds is 6. The predicted octanol–water partition coefficient (Wildman–Crippen LogP) is 6.52. The third-order valence-electron chi connectivity index (χ3n) is 5.29. The molecule has 3 aromatic rings. The Morgan fingerprint density at radius 1 is 1.11 bits per heavy atom. The van der Waals surface area contributed by atoms with Crippen molar-refractivity contribution in [3.63, 3.8) is 0 Å². The number of hydrogen-bond acceptors (Lipinski definition) is 5. The van der Waals surface area contributed by atoms with Gasteiger partial charge in [0.2, 0.25) is 0 Å². The van der Waals surface area contributed by atoms with Crippen LogP contribution in [0.5, 0.6) is 5.75 Å². The van der Waals surface area contributed by atoms with Crippen molar-refractivity contribution in [2.24, 2.45) is 0 Å². The van der Waals surface area contributed by atoms with Gasteiger partial charge in [0, 0.05) is 5.69 Å². The summed E-state index contributed by atoms with van der Waals surface area (Å²) in [5.41, 5.74) is 4.14. The van der Waals surface area contributed by atoms with E-state index >= 15 is 0 Å². The molecule has 4 rings (SSSR count). The van der Waals surface area contributed by atoms with Crippen LogP contribution in [0.25, 0.3) is 6.08 Å². The number of nitrogens with zero attached hydrogens (tertiary/aromatic N) is 1. The zero-order chi connectivity index (χ0) is 25.1. The number of carbonyl (C=O) groups excluding carboxylic acids is 2.